The van der Waals surface area contributed by atoms with Gasteiger partial charge in [0.2, 0.25) is 11.8 Å². The van der Waals surface area contributed by atoms with E-state index in [0.717, 1.165) is 11.8 Å². The van der Waals surface area contributed by atoms with Crippen molar-refractivity contribution in [3.8, 4) is 5.75 Å². The molecule has 138 valence electrons. The fraction of sp³-hybridized carbons (Fsp3) is 0.176. The zero-order valence-electron chi connectivity index (χ0n) is 13.4. The maximum absolute atomic E-state index is 12.3. The van der Waals surface area contributed by atoms with Crippen molar-refractivity contribution in [3.63, 3.8) is 0 Å². The Hall–Kier alpha value is -2.32. The molecule has 0 radical (unpaired) electrons. The fourth-order valence-corrected chi connectivity index (χ4v) is 2.66. The van der Waals surface area contributed by atoms with Gasteiger partial charge >= 0.3 is 6.61 Å². The van der Waals surface area contributed by atoms with Crippen LogP contribution in [0.4, 0.5) is 20.2 Å². The molecule has 0 aromatic heterocycles. The third-order valence-corrected chi connectivity index (χ3v) is 4.16. The van der Waals surface area contributed by atoms with Gasteiger partial charge in [-0.2, -0.15) is 8.78 Å². The zero-order valence-corrected chi connectivity index (χ0v) is 14.9. The molecule has 0 fully saturated rings. The van der Waals surface area contributed by atoms with Crippen LogP contribution in [0.1, 0.15) is 0 Å². The molecule has 2 rings (SSSR count). The van der Waals surface area contributed by atoms with Crippen molar-refractivity contribution in [1.29, 1.82) is 0 Å². The van der Waals surface area contributed by atoms with Crippen LogP contribution in [0.25, 0.3) is 0 Å². The lowest BCUT2D eigenvalue weighted by Crippen LogP contribution is -2.19. The van der Waals surface area contributed by atoms with E-state index in [4.69, 9.17) is 11.6 Å². The van der Waals surface area contributed by atoms with Gasteiger partial charge in [0.05, 0.1) is 17.2 Å². The van der Waals surface area contributed by atoms with Crippen molar-refractivity contribution in [3.05, 3.63) is 53.6 Å². The molecule has 2 aromatic carbocycles. The number of alkyl halides is 2. The van der Waals surface area contributed by atoms with Crippen molar-refractivity contribution in [2.45, 2.75) is 6.61 Å². The smallest absolute Gasteiger partial charge is 0.387 e. The van der Waals surface area contributed by atoms with Gasteiger partial charge in [-0.05, 0) is 36.4 Å². The van der Waals surface area contributed by atoms with Gasteiger partial charge in [-0.25, -0.2) is 0 Å². The van der Waals surface area contributed by atoms with E-state index < -0.39 is 12.5 Å². The van der Waals surface area contributed by atoms with E-state index >= 15 is 0 Å². The van der Waals surface area contributed by atoms with Crippen LogP contribution in [0.15, 0.2) is 48.5 Å². The number of carbonyl (C=O) groups excluding carboxylic acids is 2. The molecule has 0 atom stereocenters. The van der Waals surface area contributed by atoms with Crippen LogP contribution in [-0.4, -0.2) is 29.9 Å². The van der Waals surface area contributed by atoms with Crippen LogP contribution in [0.2, 0.25) is 5.02 Å². The predicted molar refractivity (Wildman–Crippen MR) is 99.1 cm³/mol. The Balaban J connectivity index is 1.77. The summed E-state index contributed by atoms with van der Waals surface area (Å²) in [6.45, 7) is -2.99. The lowest BCUT2D eigenvalue weighted by atomic mass is 10.3. The fourth-order valence-electron chi connectivity index (χ4n) is 1.92. The number of thioether (sulfide) groups is 1. The predicted octanol–water partition coefficient (Wildman–Crippen LogP) is 4.25. The number of benzene rings is 2. The van der Waals surface area contributed by atoms with Gasteiger partial charge in [-0.1, -0.05) is 23.7 Å². The van der Waals surface area contributed by atoms with Gasteiger partial charge in [0.15, 0.2) is 0 Å². The number of amides is 2. The first kappa shape index (κ1) is 20.0. The molecular weight excluding hydrogens is 386 g/mol. The van der Waals surface area contributed by atoms with Crippen LogP contribution < -0.4 is 15.4 Å². The Morgan fingerprint density at radius 1 is 1.00 bits per heavy atom. The molecule has 26 heavy (non-hydrogen) atoms. The SMILES string of the molecule is O=C(CSCC(=O)Nc1ccccc1OC(F)F)Nc1ccc(Cl)cc1. The Morgan fingerprint density at radius 2 is 1.62 bits per heavy atom. The van der Waals surface area contributed by atoms with Gasteiger partial charge < -0.3 is 15.4 Å². The van der Waals surface area contributed by atoms with E-state index in [1.807, 2.05) is 0 Å². The van der Waals surface area contributed by atoms with E-state index in [1.165, 1.54) is 18.2 Å². The first-order valence-corrected chi connectivity index (χ1v) is 8.94. The average Bonchev–Trinajstić information content (AvgIpc) is 2.58. The summed E-state index contributed by atoms with van der Waals surface area (Å²) in [4.78, 5) is 23.7. The number of para-hydroxylation sites is 2. The van der Waals surface area contributed by atoms with Gasteiger partial charge in [-0.3, -0.25) is 9.59 Å². The molecule has 0 aliphatic rings. The minimum atomic E-state index is -2.99. The molecule has 0 aliphatic heterocycles. The Bertz CT molecular complexity index is 760. The first-order chi connectivity index (χ1) is 12.4. The largest absolute Gasteiger partial charge is 0.433 e. The molecule has 0 unspecified atom stereocenters. The van der Waals surface area contributed by atoms with Crippen LogP contribution in [-0.2, 0) is 9.59 Å². The quantitative estimate of drug-likeness (QED) is 0.695. The minimum Gasteiger partial charge on any atom is -0.433 e. The molecule has 0 spiro atoms. The van der Waals surface area contributed by atoms with E-state index in [0.29, 0.717) is 10.7 Å². The zero-order chi connectivity index (χ0) is 18.9. The number of hydrogen-bond donors (Lipinski definition) is 2. The summed E-state index contributed by atoms with van der Waals surface area (Å²) < 4.78 is 29.0. The molecule has 0 heterocycles. The summed E-state index contributed by atoms with van der Waals surface area (Å²) in [6.07, 6.45) is 0. The van der Waals surface area contributed by atoms with E-state index in [9.17, 15) is 18.4 Å². The third kappa shape index (κ3) is 6.89. The highest BCUT2D eigenvalue weighted by atomic mass is 35.5. The molecular formula is C17H15ClF2N2O3S. The average molecular weight is 401 g/mol. The van der Waals surface area contributed by atoms with Gasteiger partial charge in [-0.15, -0.1) is 11.8 Å². The van der Waals surface area contributed by atoms with Crippen molar-refractivity contribution in [2.24, 2.45) is 0 Å². The Kier molecular flexibility index (Phi) is 7.68. The van der Waals surface area contributed by atoms with Crippen LogP contribution in [0.5, 0.6) is 5.75 Å². The van der Waals surface area contributed by atoms with Crippen LogP contribution in [0, 0.1) is 0 Å². The number of nitrogens with one attached hydrogen (secondary N) is 2. The summed E-state index contributed by atoms with van der Waals surface area (Å²) in [6, 6.07) is 12.5. The first-order valence-electron chi connectivity index (χ1n) is 7.41. The Morgan fingerprint density at radius 3 is 2.27 bits per heavy atom. The second-order valence-electron chi connectivity index (χ2n) is 4.97. The number of halogens is 3. The van der Waals surface area contributed by atoms with E-state index in [-0.39, 0.29) is 28.8 Å². The number of ether oxygens (including phenoxy) is 1. The Labute approximate surface area is 158 Å². The van der Waals surface area contributed by atoms with Crippen LogP contribution >= 0.6 is 23.4 Å². The number of rotatable bonds is 8. The van der Waals surface area contributed by atoms with Gasteiger partial charge in [0.25, 0.3) is 0 Å². The number of carbonyl (C=O) groups is 2. The van der Waals surface area contributed by atoms with E-state index in [2.05, 4.69) is 15.4 Å². The summed E-state index contributed by atoms with van der Waals surface area (Å²) in [5.41, 5.74) is 0.742. The molecule has 9 heteroatoms. The second kappa shape index (κ2) is 9.98. The van der Waals surface area contributed by atoms with Crippen molar-refractivity contribution >= 4 is 46.6 Å². The highest BCUT2D eigenvalue weighted by molar-refractivity contribution is 8.00. The molecule has 0 saturated carbocycles. The maximum Gasteiger partial charge on any atom is 0.387 e. The van der Waals surface area contributed by atoms with Gasteiger partial charge in [0.1, 0.15) is 5.75 Å². The standard InChI is InChI=1S/C17H15ClF2N2O3S/c18-11-5-7-12(8-6-11)21-15(23)9-26-10-16(24)22-13-3-1-2-4-14(13)25-17(19)20/h1-8,17H,9-10H2,(H,21,23)(H,22,24). The third-order valence-electron chi connectivity index (χ3n) is 2.97. The summed E-state index contributed by atoms with van der Waals surface area (Å²) in [5.74, 6) is -0.782. The lowest BCUT2D eigenvalue weighted by Gasteiger charge is -2.11. The molecule has 2 aromatic rings. The van der Waals surface area contributed by atoms with Crippen molar-refractivity contribution in [1.82, 2.24) is 0 Å². The minimum absolute atomic E-state index is 0.0168. The summed E-state index contributed by atoms with van der Waals surface area (Å²) in [7, 11) is 0. The molecule has 0 aliphatic carbocycles. The van der Waals surface area contributed by atoms with Crippen molar-refractivity contribution < 1.29 is 23.1 Å². The van der Waals surface area contributed by atoms with Gasteiger partial charge in [0, 0.05) is 10.7 Å². The number of hydrogen-bond acceptors (Lipinski definition) is 4. The molecule has 2 amide bonds. The second-order valence-corrected chi connectivity index (χ2v) is 6.39. The summed E-state index contributed by atoms with van der Waals surface area (Å²) in [5, 5.41) is 5.71. The molecule has 2 N–H and O–H groups in total. The van der Waals surface area contributed by atoms with Crippen LogP contribution in [0.3, 0.4) is 0 Å². The highest BCUT2D eigenvalue weighted by Gasteiger charge is 2.12. The maximum atomic E-state index is 12.3. The lowest BCUT2D eigenvalue weighted by molar-refractivity contribution is -0.114. The topological polar surface area (TPSA) is 67.4 Å². The number of anilines is 2. The van der Waals surface area contributed by atoms with Crippen molar-refractivity contribution in [2.75, 3.05) is 22.1 Å². The normalized spacial score (nSPS) is 10.5. The summed E-state index contributed by atoms with van der Waals surface area (Å²) >= 11 is 6.85. The molecule has 0 saturated heterocycles. The molecule has 5 nitrogen and oxygen atoms in total. The van der Waals surface area contributed by atoms with E-state index in [1.54, 1.807) is 30.3 Å². The monoisotopic (exact) mass is 400 g/mol. The highest BCUT2D eigenvalue weighted by Crippen LogP contribution is 2.25. The molecule has 0 bridgehead atoms.